The van der Waals surface area contributed by atoms with Crippen LogP contribution in [0.3, 0.4) is 0 Å². The number of ether oxygens (including phenoxy) is 1. The van der Waals surface area contributed by atoms with Crippen molar-refractivity contribution in [2.75, 3.05) is 7.11 Å². The molecule has 0 radical (unpaired) electrons. The molecule has 16 heavy (non-hydrogen) atoms. The Labute approximate surface area is 92.5 Å². The van der Waals surface area contributed by atoms with Crippen LogP contribution in [0.15, 0.2) is 30.3 Å². The van der Waals surface area contributed by atoms with E-state index in [1.54, 1.807) is 13.2 Å². The SMILES string of the molecule is COCc1cccc2ccc(C(=O)O)nc12. The lowest BCUT2D eigenvalue weighted by atomic mass is 10.1. The van der Waals surface area contributed by atoms with E-state index in [9.17, 15) is 4.79 Å². The van der Waals surface area contributed by atoms with Crippen molar-refractivity contribution in [2.45, 2.75) is 6.61 Å². The number of nitrogens with zero attached hydrogens (tertiary/aromatic N) is 1. The molecule has 2 rings (SSSR count). The molecule has 0 amide bonds. The zero-order valence-electron chi connectivity index (χ0n) is 8.80. The number of methoxy groups -OCH3 is 1. The molecule has 0 unspecified atom stereocenters. The summed E-state index contributed by atoms with van der Waals surface area (Å²) in [7, 11) is 1.60. The third-order valence-corrected chi connectivity index (χ3v) is 2.32. The quantitative estimate of drug-likeness (QED) is 0.855. The van der Waals surface area contributed by atoms with Crippen LogP contribution in [0, 0.1) is 0 Å². The number of carboxylic acids is 1. The molecule has 0 saturated heterocycles. The van der Waals surface area contributed by atoms with Crippen molar-refractivity contribution >= 4 is 16.9 Å². The summed E-state index contributed by atoms with van der Waals surface area (Å²) in [5.41, 5.74) is 1.63. The Balaban J connectivity index is 2.63. The summed E-state index contributed by atoms with van der Waals surface area (Å²) in [4.78, 5) is 14.9. The number of aromatic nitrogens is 1. The van der Waals surface area contributed by atoms with E-state index in [0.29, 0.717) is 12.1 Å². The number of carboxylic acid groups (broad SMARTS) is 1. The largest absolute Gasteiger partial charge is 0.477 e. The fourth-order valence-corrected chi connectivity index (χ4v) is 1.60. The molecule has 0 fully saturated rings. The van der Waals surface area contributed by atoms with E-state index in [1.165, 1.54) is 6.07 Å². The van der Waals surface area contributed by atoms with Crippen molar-refractivity contribution in [1.82, 2.24) is 4.98 Å². The summed E-state index contributed by atoms with van der Waals surface area (Å²) < 4.78 is 5.05. The number of fused-ring (bicyclic) bond motifs is 1. The summed E-state index contributed by atoms with van der Waals surface area (Å²) in [5, 5.41) is 9.79. The molecule has 0 saturated carbocycles. The summed E-state index contributed by atoms with van der Waals surface area (Å²) >= 11 is 0. The van der Waals surface area contributed by atoms with Gasteiger partial charge in [-0.2, -0.15) is 0 Å². The number of hydrogen-bond donors (Lipinski definition) is 1. The number of rotatable bonds is 3. The van der Waals surface area contributed by atoms with E-state index < -0.39 is 5.97 Å². The average Bonchev–Trinajstić information content (AvgIpc) is 2.29. The Hall–Kier alpha value is -1.94. The number of para-hydroxylation sites is 1. The summed E-state index contributed by atoms with van der Waals surface area (Å²) in [6.45, 7) is 0.424. The van der Waals surface area contributed by atoms with Gasteiger partial charge in [0.25, 0.3) is 0 Å². The van der Waals surface area contributed by atoms with E-state index >= 15 is 0 Å². The zero-order valence-corrected chi connectivity index (χ0v) is 8.80. The lowest BCUT2D eigenvalue weighted by molar-refractivity contribution is 0.0691. The molecule has 1 heterocycles. The van der Waals surface area contributed by atoms with Crippen LogP contribution < -0.4 is 0 Å². The molecule has 4 heteroatoms. The summed E-state index contributed by atoms with van der Waals surface area (Å²) in [6.07, 6.45) is 0. The second kappa shape index (κ2) is 4.28. The molecule has 1 aromatic carbocycles. The maximum Gasteiger partial charge on any atom is 0.354 e. The number of aromatic carboxylic acids is 1. The Morgan fingerprint density at radius 1 is 1.38 bits per heavy atom. The van der Waals surface area contributed by atoms with Crippen molar-refractivity contribution in [1.29, 1.82) is 0 Å². The maximum atomic E-state index is 10.8. The molecule has 4 nitrogen and oxygen atoms in total. The van der Waals surface area contributed by atoms with Crippen molar-refractivity contribution in [3.63, 3.8) is 0 Å². The Morgan fingerprint density at radius 2 is 2.19 bits per heavy atom. The molecule has 0 atom stereocenters. The van der Waals surface area contributed by atoms with Gasteiger partial charge < -0.3 is 9.84 Å². The minimum absolute atomic E-state index is 0.0519. The van der Waals surface area contributed by atoms with E-state index in [1.807, 2.05) is 18.2 Å². The molecule has 0 aliphatic rings. The van der Waals surface area contributed by atoms with Gasteiger partial charge in [-0.05, 0) is 6.07 Å². The van der Waals surface area contributed by atoms with Crippen LogP contribution in [0.25, 0.3) is 10.9 Å². The maximum absolute atomic E-state index is 10.8. The molecular formula is C12H11NO3. The monoisotopic (exact) mass is 217 g/mol. The van der Waals surface area contributed by atoms with Gasteiger partial charge in [-0.15, -0.1) is 0 Å². The Bertz CT molecular complexity index is 537. The van der Waals surface area contributed by atoms with Gasteiger partial charge in [0.2, 0.25) is 0 Å². The number of benzene rings is 1. The summed E-state index contributed by atoms with van der Waals surface area (Å²) in [5.74, 6) is -1.02. The zero-order chi connectivity index (χ0) is 11.5. The van der Waals surface area contributed by atoms with Gasteiger partial charge in [0.05, 0.1) is 12.1 Å². The van der Waals surface area contributed by atoms with Gasteiger partial charge in [0.15, 0.2) is 0 Å². The molecule has 0 aliphatic heterocycles. The third-order valence-electron chi connectivity index (χ3n) is 2.32. The highest BCUT2D eigenvalue weighted by Gasteiger charge is 2.07. The van der Waals surface area contributed by atoms with Crippen LogP contribution >= 0.6 is 0 Å². The van der Waals surface area contributed by atoms with Gasteiger partial charge in [-0.25, -0.2) is 9.78 Å². The Kier molecular flexibility index (Phi) is 2.83. The van der Waals surface area contributed by atoms with Gasteiger partial charge in [-0.1, -0.05) is 24.3 Å². The van der Waals surface area contributed by atoms with E-state index in [4.69, 9.17) is 9.84 Å². The molecule has 1 N–H and O–H groups in total. The van der Waals surface area contributed by atoms with Crippen LogP contribution in [0.1, 0.15) is 16.1 Å². The topological polar surface area (TPSA) is 59.4 Å². The molecule has 1 aromatic heterocycles. The first-order valence-corrected chi connectivity index (χ1v) is 4.83. The minimum Gasteiger partial charge on any atom is -0.477 e. The van der Waals surface area contributed by atoms with Crippen molar-refractivity contribution in [2.24, 2.45) is 0 Å². The van der Waals surface area contributed by atoms with Crippen LogP contribution in [-0.4, -0.2) is 23.2 Å². The normalized spacial score (nSPS) is 10.6. The van der Waals surface area contributed by atoms with Gasteiger partial charge in [0, 0.05) is 18.1 Å². The van der Waals surface area contributed by atoms with Crippen LogP contribution in [-0.2, 0) is 11.3 Å². The lowest BCUT2D eigenvalue weighted by Crippen LogP contribution is -2.01. The highest BCUT2D eigenvalue weighted by atomic mass is 16.5. The van der Waals surface area contributed by atoms with Crippen LogP contribution in [0.5, 0.6) is 0 Å². The number of pyridine rings is 1. The first-order valence-electron chi connectivity index (χ1n) is 4.83. The highest BCUT2D eigenvalue weighted by molar-refractivity contribution is 5.90. The number of carbonyl (C=O) groups is 1. The molecular weight excluding hydrogens is 206 g/mol. The lowest BCUT2D eigenvalue weighted by Gasteiger charge is -2.05. The molecule has 82 valence electrons. The van der Waals surface area contributed by atoms with E-state index in [0.717, 1.165) is 10.9 Å². The highest BCUT2D eigenvalue weighted by Crippen LogP contribution is 2.18. The predicted octanol–water partition coefficient (Wildman–Crippen LogP) is 2.08. The first-order chi connectivity index (χ1) is 7.72. The van der Waals surface area contributed by atoms with E-state index in [-0.39, 0.29) is 5.69 Å². The van der Waals surface area contributed by atoms with Crippen molar-refractivity contribution in [3.05, 3.63) is 41.6 Å². The fourth-order valence-electron chi connectivity index (χ4n) is 1.60. The second-order valence-electron chi connectivity index (χ2n) is 3.42. The molecule has 2 aromatic rings. The standard InChI is InChI=1S/C12H11NO3/c1-16-7-9-4-2-3-8-5-6-10(12(14)15)13-11(8)9/h2-6H,7H2,1H3,(H,14,15). The summed E-state index contributed by atoms with van der Waals surface area (Å²) in [6, 6.07) is 8.93. The number of hydrogen-bond acceptors (Lipinski definition) is 3. The fraction of sp³-hybridized carbons (Fsp3) is 0.167. The van der Waals surface area contributed by atoms with Crippen molar-refractivity contribution in [3.8, 4) is 0 Å². The molecule has 0 bridgehead atoms. The minimum atomic E-state index is -1.02. The van der Waals surface area contributed by atoms with Gasteiger partial charge in [0.1, 0.15) is 5.69 Å². The Morgan fingerprint density at radius 3 is 2.88 bits per heavy atom. The van der Waals surface area contributed by atoms with Gasteiger partial charge in [-0.3, -0.25) is 0 Å². The van der Waals surface area contributed by atoms with Gasteiger partial charge >= 0.3 is 5.97 Å². The average molecular weight is 217 g/mol. The molecule has 0 spiro atoms. The van der Waals surface area contributed by atoms with Crippen LogP contribution in [0.4, 0.5) is 0 Å². The van der Waals surface area contributed by atoms with Crippen molar-refractivity contribution < 1.29 is 14.6 Å². The van der Waals surface area contributed by atoms with E-state index in [2.05, 4.69) is 4.98 Å². The van der Waals surface area contributed by atoms with Crippen LogP contribution in [0.2, 0.25) is 0 Å². The third kappa shape index (κ3) is 1.87. The second-order valence-corrected chi connectivity index (χ2v) is 3.42. The first kappa shape index (κ1) is 10.6. The molecule has 0 aliphatic carbocycles. The predicted molar refractivity (Wildman–Crippen MR) is 59.4 cm³/mol. The smallest absolute Gasteiger partial charge is 0.354 e.